The molecule has 0 aliphatic carbocycles. The number of hydrogen-bond donors (Lipinski definition) is 0. The number of likely N-dealkylation sites (tertiary alicyclic amines) is 1. The predicted octanol–water partition coefficient (Wildman–Crippen LogP) is 3.45. The van der Waals surface area contributed by atoms with Gasteiger partial charge in [0.05, 0.1) is 16.3 Å². The topological polar surface area (TPSA) is 16.1 Å². The van der Waals surface area contributed by atoms with Crippen LogP contribution in [0.4, 0.5) is 0 Å². The third kappa shape index (κ3) is 1.64. The molecule has 0 amide bonds. The van der Waals surface area contributed by atoms with Gasteiger partial charge in [-0.25, -0.2) is 4.98 Å². The van der Waals surface area contributed by atoms with Crippen molar-refractivity contribution < 1.29 is 0 Å². The van der Waals surface area contributed by atoms with E-state index in [0.717, 1.165) is 12.1 Å². The molecule has 1 aliphatic rings. The number of hydrogen-bond acceptors (Lipinski definition) is 3. The van der Waals surface area contributed by atoms with Crippen LogP contribution in [0, 0.1) is 0 Å². The molecule has 1 atom stereocenters. The van der Waals surface area contributed by atoms with Crippen LogP contribution in [0.15, 0.2) is 24.3 Å². The fourth-order valence-electron chi connectivity index (χ4n) is 2.52. The number of aromatic nitrogens is 1. The van der Waals surface area contributed by atoms with Crippen molar-refractivity contribution in [3.05, 3.63) is 29.3 Å². The molecule has 1 aliphatic heterocycles. The SMILES string of the molecule is CCN1CCCC1c1nc2ccccc2s1. The van der Waals surface area contributed by atoms with Crippen molar-refractivity contribution in [1.29, 1.82) is 0 Å². The maximum absolute atomic E-state index is 4.77. The van der Waals surface area contributed by atoms with Gasteiger partial charge in [0.2, 0.25) is 0 Å². The van der Waals surface area contributed by atoms with Gasteiger partial charge in [-0.05, 0) is 38.1 Å². The number of fused-ring (bicyclic) bond motifs is 1. The van der Waals surface area contributed by atoms with Crippen molar-refractivity contribution >= 4 is 21.6 Å². The first-order chi connectivity index (χ1) is 7.88. The molecule has 0 spiro atoms. The molecule has 1 aromatic heterocycles. The molecule has 0 saturated carbocycles. The highest BCUT2D eigenvalue weighted by atomic mass is 32.1. The van der Waals surface area contributed by atoms with Crippen molar-refractivity contribution in [3.63, 3.8) is 0 Å². The van der Waals surface area contributed by atoms with Crippen molar-refractivity contribution in [1.82, 2.24) is 9.88 Å². The number of para-hydroxylation sites is 1. The van der Waals surface area contributed by atoms with Crippen LogP contribution in [0.5, 0.6) is 0 Å². The lowest BCUT2D eigenvalue weighted by atomic mass is 10.2. The number of rotatable bonds is 2. The van der Waals surface area contributed by atoms with E-state index in [0.29, 0.717) is 6.04 Å². The summed E-state index contributed by atoms with van der Waals surface area (Å²) < 4.78 is 1.32. The van der Waals surface area contributed by atoms with Gasteiger partial charge in [-0.15, -0.1) is 11.3 Å². The van der Waals surface area contributed by atoms with E-state index >= 15 is 0 Å². The van der Waals surface area contributed by atoms with Gasteiger partial charge in [0, 0.05) is 0 Å². The molecule has 1 unspecified atom stereocenters. The molecule has 84 valence electrons. The van der Waals surface area contributed by atoms with Crippen LogP contribution in [-0.4, -0.2) is 23.0 Å². The Morgan fingerprint density at radius 3 is 3.12 bits per heavy atom. The molecule has 2 heterocycles. The van der Waals surface area contributed by atoms with Gasteiger partial charge in [0.15, 0.2) is 0 Å². The van der Waals surface area contributed by atoms with Gasteiger partial charge < -0.3 is 0 Å². The summed E-state index contributed by atoms with van der Waals surface area (Å²) in [7, 11) is 0. The second-order valence-corrected chi connectivity index (χ2v) is 5.37. The minimum atomic E-state index is 0.572. The molecular weight excluding hydrogens is 216 g/mol. The highest BCUT2D eigenvalue weighted by Crippen LogP contribution is 2.35. The Labute approximate surface area is 99.9 Å². The average molecular weight is 232 g/mol. The summed E-state index contributed by atoms with van der Waals surface area (Å²) >= 11 is 1.86. The fraction of sp³-hybridized carbons (Fsp3) is 0.462. The first kappa shape index (κ1) is 10.2. The summed E-state index contributed by atoms with van der Waals surface area (Å²) in [5.41, 5.74) is 1.16. The standard InChI is InChI=1S/C13H16N2S/c1-2-15-9-5-7-11(15)13-14-10-6-3-4-8-12(10)16-13/h3-4,6,8,11H,2,5,7,9H2,1H3. The van der Waals surface area contributed by atoms with Gasteiger partial charge in [-0.3, -0.25) is 4.90 Å². The van der Waals surface area contributed by atoms with E-state index in [1.807, 2.05) is 11.3 Å². The Morgan fingerprint density at radius 1 is 1.44 bits per heavy atom. The molecule has 2 aromatic rings. The zero-order valence-corrected chi connectivity index (χ0v) is 10.3. The summed E-state index contributed by atoms with van der Waals surface area (Å²) in [5, 5.41) is 1.31. The Hall–Kier alpha value is -0.930. The molecule has 0 bridgehead atoms. The van der Waals surface area contributed by atoms with E-state index in [1.165, 1.54) is 29.1 Å². The second-order valence-electron chi connectivity index (χ2n) is 4.31. The van der Waals surface area contributed by atoms with Crippen molar-refractivity contribution in [2.45, 2.75) is 25.8 Å². The van der Waals surface area contributed by atoms with Crippen LogP contribution in [0.1, 0.15) is 30.8 Å². The first-order valence-corrected chi connectivity index (χ1v) is 6.79. The maximum atomic E-state index is 4.77. The molecule has 2 nitrogen and oxygen atoms in total. The van der Waals surface area contributed by atoms with E-state index < -0.39 is 0 Å². The molecule has 1 fully saturated rings. The van der Waals surface area contributed by atoms with Crippen molar-refractivity contribution in [2.24, 2.45) is 0 Å². The minimum absolute atomic E-state index is 0.572. The molecule has 0 radical (unpaired) electrons. The van der Waals surface area contributed by atoms with Crippen LogP contribution in [0.2, 0.25) is 0 Å². The Balaban J connectivity index is 1.99. The average Bonchev–Trinajstić information content (AvgIpc) is 2.94. The summed E-state index contributed by atoms with van der Waals surface area (Å²) in [6, 6.07) is 9.01. The van der Waals surface area contributed by atoms with Crippen LogP contribution in [0.25, 0.3) is 10.2 Å². The normalized spacial score (nSPS) is 21.9. The number of thiazole rings is 1. The van der Waals surface area contributed by atoms with Crippen LogP contribution in [0.3, 0.4) is 0 Å². The van der Waals surface area contributed by atoms with Crippen LogP contribution < -0.4 is 0 Å². The van der Waals surface area contributed by atoms with Crippen molar-refractivity contribution in [2.75, 3.05) is 13.1 Å². The van der Waals surface area contributed by atoms with E-state index in [-0.39, 0.29) is 0 Å². The molecule has 3 heteroatoms. The van der Waals surface area contributed by atoms with Crippen LogP contribution >= 0.6 is 11.3 Å². The maximum Gasteiger partial charge on any atom is 0.111 e. The Morgan fingerprint density at radius 2 is 2.31 bits per heavy atom. The van der Waals surface area contributed by atoms with Crippen LogP contribution in [-0.2, 0) is 0 Å². The van der Waals surface area contributed by atoms with Gasteiger partial charge >= 0.3 is 0 Å². The molecule has 0 N–H and O–H groups in total. The van der Waals surface area contributed by atoms with Gasteiger partial charge in [0.1, 0.15) is 5.01 Å². The number of benzene rings is 1. The van der Waals surface area contributed by atoms with E-state index in [2.05, 4.69) is 36.1 Å². The summed E-state index contributed by atoms with van der Waals surface area (Å²) in [4.78, 5) is 7.31. The number of nitrogens with zero attached hydrogens (tertiary/aromatic N) is 2. The quantitative estimate of drug-likeness (QED) is 0.788. The zero-order valence-electron chi connectivity index (χ0n) is 9.52. The third-order valence-electron chi connectivity index (χ3n) is 3.37. The lowest BCUT2D eigenvalue weighted by Crippen LogP contribution is -2.22. The van der Waals surface area contributed by atoms with Crippen molar-refractivity contribution in [3.8, 4) is 0 Å². The summed E-state index contributed by atoms with van der Waals surface area (Å²) in [6.07, 6.45) is 2.59. The monoisotopic (exact) mass is 232 g/mol. The first-order valence-electron chi connectivity index (χ1n) is 5.98. The molecule has 16 heavy (non-hydrogen) atoms. The Bertz CT molecular complexity index is 458. The predicted molar refractivity (Wildman–Crippen MR) is 68.8 cm³/mol. The molecule has 1 saturated heterocycles. The Kier molecular flexibility index (Phi) is 2.65. The van der Waals surface area contributed by atoms with E-state index in [1.54, 1.807) is 0 Å². The lowest BCUT2D eigenvalue weighted by Gasteiger charge is -2.20. The molecule has 3 rings (SSSR count). The molecular formula is C13H16N2S. The highest BCUT2D eigenvalue weighted by molar-refractivity contribution is 7.18. The molecule has 1 aromatic carbocycles. The minimum Gasteiger partial charge on any atom is -0.294 e. The highest BCUT2D eigenvalue weighted by Gasteiger charge is 2.27. The van der Waals surface area contributed by atoms with Gasteiger partial charge in [-0.1, -0.05) is 19.1 Å². The summed E-state index contributed by atoms with van der Waals surface area (Å²) in [6.45, 7) is 4.61. The zero-order chi connectivity index (χ0) is 11.0. The third-order valence-corrected chi connectivity index (χ3v) is 4.50. The second kappa shape index (κ2) is 4.15. The van der Waals surface area contributed by atoms with E-state index in [4.69, 9.17) is 4.98 Å². The van der Waals surface area contributed by atoms with Gasteiger partial charge in [0.25, 0.3) is 0 Å². The smallest absolute Gasteiger partial charge is 0.111 e. The largest absolute Gasteiger partial charge is 0.294 e. The van der Waals surface area contributed by atoms with E-state index in [9.17, 15) is 0 Å². The van der Waals surface area contributed by atoms with Gasteiger partial charge in [-0.2, -0.15) is 0 Å². The fourth-order valence-corrected chi connectivity index (χ4v) is 3.65. The summed E-state index contributed by atoms with van der Waals surface area (Å²) in [5.74, 6) is 0. The lowest BCUT2D eigenvalue weighted by molar-refractivity contribution is 0.271.